The lowest BCUT2D eigenvalue weighted by atomic mass is 9.82. The number of aromatic nitrogens is 1. The van der Waals surface area contributed by atoms with Crippen molar-refractivity contribution in [3.05, 3.63) is 40.1 Å². The van der Waals surface area contributed by atoms with Crippen LogP contribution in [0.1, 0.15) is 50.2 Å². The molecular formula is C19H22ClFN2OS2. The van der Waals surface area contributed by atoms with Crippen molar-refractivity contribution in [2.45, 2.75) is 46.6 Å². The van der Waals surface area contributed by atoms with Crippen LogP contribution in [0, 0.1) is 11.2 Å². The van der Waals surface area contributed by atoms with Gasteiger partial charge in [-0.3, -0.25) is 4.79 Å². The maximum atomic E-state index is 13.5. The third-order valence-corrected chi connectivity index (χ3v) is 5.90. The summed E-state index contributed by atoms with van der Waals surface area (Å²) in [6, 6.07) is 4.02. The van der Waals surface area contributed by atoms with Gasteiger partial charge in [0.25, 0.3) is 5.91 Å². The van der Waals surface area contributed by atoms with Crippen LogP contribution in [0.3, 0.4) is 0 Å². The fraction of sp³-hybridized carbons (Fsp3) is 0.421. The molecule has 0 aliphatic carbocycles. The number of benzene rings is 1. The first-order chi connectivity index (χ1) is 12.1. The number of nitrogens with zero attached hydrogens (tertiary/aromatic N) is 1. The Kier molecular flexibility index (Phi) is 6.88. The van der Waals surface area contributed by atoms with Crippen LogP contribution in [0.25, 0.3) is 10.6 Å². The number of thiazole rings is 1. The molecular weight excluding hydrogens is 391 g/mol. The van der Waals surface area contributed by atoms with Gasteiger partial charge in [-0.05, 0) is 37.0 Å². The fourth-order valence-corrected chi connectivity index (χ4v) is 3.58. The average molecular weight is 413 g/mol. The Morgan fingerprint density at radius 2 is 2.12 bits per heavy atom. The molecule has 0 fully saturated rings. The van der Waals surface area contributed by atoms with Crippen LogP contribution in [0.4, 0.5) is 4.39 Å². The molecule has 1 aromatic heterocycles. The molecule has 1 amide bonds. The van der Waals surface area contributed by atoms with Gasteiger partial charge in [-0.2, -0.15) is 0 Å². The Morgan fingerprint density at radius 3 is 2.69 bits per heavy atom. The predicted octanol–water partition coefficient (Wildman–Crippen LogP) is 5.92. The molecule has 1 heterocycles. The van der Waals surface area contributed by atoms with Gasteiger partial charge in [0.15, 0.2) is 0 Å². The quantitative estimate of drug-likeness (QED) is 0.574. The van der Waals surface area contributed by atoms with E-state index in [0.717, 1.165) is 17.7 Å². The van der Waals surface area contributed by atoms with E-state index in [2.05, 4.69) is 31.1 Å². The Balaban J connectivity index is 2.17. The Hall–Kier alpha value is -1.37. The number of amides is 1. The van der Waals surface area contributed by atoms with Crippen LogP contribution in [0.15, 0.2) is 24.4 Å². The van der Waals surface area contributed by atoms with E-state index in [4.69, 9.17) is 23.8 Å². The summed E-state index contributed by atoms with van der Waals surface area (Å²) in [6.07, 6.45) is 3.26. The minimum atomic E-state index is -0.438. The van der Waals surface area contributed by atoms with Gasteiger partial charge in [-0.1, -0.05) is 51.0 Å². The molecule has 0 saturated carbocycles. The normalized spacial score (nSPS) is 12.7. The van der Waals surface area contributed by atoms with Crippen LogP contribution in [-0.4, -0.2) is 21.8 Å². The summed E-state index contributed by atoms with van der Waals surface area (Å²) in [5, 5.41) is 3.83. The van der Waals surface area contributed by atoms with E-state index in [9.17, 15) is 9.18 Å². The third kappa shape index (κ3) is 5.56. The lowest BCUT2D eigenvalue weighted by molar-refractivity contribution is 0.0943. The largest absolute Gasteiger partial charge is 0.344 e. The molecule has 2 aromatic rings. The van der Waals surface area contributed by atoms with Gasteiger partial charge in [0.2, 0.25) is 0 Å². The van der Waals surface area contributed by atoms with Crippen LogP contribution >= 0.6 is 35.2 Å². The van der Waals surface area contributed by atoms with Gasteiger partial charge in [-0.25, -0.2) is 9.37 Å². The van der Waals surface area contributed by atoms with E-state index in [1.807, 2.05) is 6.92 Å². The van der Waals surface area contributed by atoms with Gasteiger partial charge in [0, 0.05) is 15.5 Å². The van der Waals surface area contributed by atoms with Crippen molar-refractivity contribution in [1.82, 2.24) is 10.3 Å². The van der Waals surface area contributed by atoms with Crippen molar-refractivity contribution >= 4 is 45.9 Å². The van der Waals surface area contributed by atoms with Gasteiger partial charge >= 0.3 is 0 Å². The summed E-state index contributed by atoms with van der Waals surface area (Å²) in [6.45, 7) is 8.28. The molecule has 0 radical (unpaired) electrons. The van der Waals surface area contributed by atoms with Crippen molar-refractivity contribution < 1.29 is 9.18 Å². The Morgan fingerprint density at radius 1 is 1.42 bits per heavy atom. The summed E-state index contributed by atoms with van der Waals surface area (Å²) >= 11 is 12.4. The van der Waals surface area contributed by atoms with Crippen molar-refractivity contribution in [3.63, 3.8) is 0 Å². The van der Waals surface area contributed by atoms with E-state index in [0.29, 0.717) is 20.5 Å². The van der Waals surface area contributed by atoms with E-state index in [1.165, 1.54) is 29.7 Å². The highest BCUT2D eigenvalue weighted by Gasteiger charge is 2.25. The summed E-state index contributed by atoms with van der Waals surface area (Å²) in [7, 11) is 0. The van der Waals surface area contributed by atoms with E-state index >= 15 is 0 Å². The minimum Gasteiger partial charge on any atom is -0.344 e. The number of nitrogens with one attached hydrogen (secondary N) is 1. The zero-order valence-corrected chi connectivity index (χ0v) is 17.6. The highest BCUT2D eigenvalue weighted by molar-refractivity contribution is 7.80. The molecule has 0 spiro atoms. The van der Waals surface area contributed by atoms with Crippen molar-refractivity contribution in [3.8, 4) is 10.6 Å². The minimum absolute atomic E-state index is 0.0786. The number of hydrogen-bond donors (Lipinski definition) is 1. The summed E-state index contributed by atoms with van der Waals surface area (Å²) in [5.41, 5.74) is 0.628. The number of halogens is 2. The van der Waals surface area contributed by atoms with E-state index in [1.54, 1.807) is 6.07 Å². The molecule has 0 bridgehead atoms. The maximum Gasteiger partial charge on any atom is 0.263 e. The molecule has 1 aromatic carbocycles. The molecule has 0 saturated heterocycles. The van der Waals surface area contributed by atoms with Gasteiger partial charge in [0.1, 0.15) is 15.7 Å². The highest BCUT2D eigenvalue weighted by atomic mass is 35.5. The molecule has 26 heavy (non-hydrogen) atoms. The standard InChI is InChI=1S/C19H22ClFN2OS2/c1-5-19(3,4)9-15(11(2)25)23-17(24)16-10-22-18(26-16)12-6-13(20)8-14(21)7-12/h6-8,10,15H,5,9H2,1-4H3,(H,23,24). The number of carbonyl (C=O) groups excluding carboxylic acids is 1. The first-order valence-corrected chi connectivity index (χ1v) is 9.95. The number of carbonyl (C=O) groups is 1. The number of hydrogen-bond acceptors (Lipinski definition) is 4. The summed E-state index contributed by atoms with van der Waals surface area (Å²) in [4.78, 5) is 18.0. The second kappa shape index (κ2) is 8.55. The molecule has 0 aliphatic rings. The van der Waals surface area contributed by atoms with Crippen molar-refractivity contribution in [2.24, 2.45) is 5.41 Å². The molecule has 140 valence electrons. The molecule has 1 unspecified atom stereocenters. The second-order valence-corrected chi connectivity index (χ2v) is 9.16. The molecule has 2 rings (SSSR count). The zero-order chi connectivity index (χ0) is 19.5. The molecule has 0 aliphatic heterocycles. The van der Waals surface area contributed by atoms with Crippen LogP contribution in [-0.2, 0) is 0 Å². The summed E-state index contributed by atoms with van der Waals surface area (Å²) < 4.78 is 13.5. The summed E-state index contributed by atoms with van der Waals surface area (Å²) in [5.74, 6) is -0.663. The maximum absolute atomic E-state index is 13.5. The van der Waals surface area contributed by atoms with Crippen LogP contribution in [0.2, 0.25) is 5.02 Å². The average Bonchev–Trinajstić information content (AvgIpc) is 3.03. The Bertz CT molecular complexity index is 799. The monoisotopic (exact) mass is 412 g/mol. The number of thiocarbonyl (C=S) groups is 1. The molecule has 1 atom stereocenters. The van der Waals surface area contributed by atoms with Gasteiger partial charge in [0.05, 0.1) is 12.2 Å². The predicted molar refractivity (Wildman–Crippen MR) is 111 cm³/mol. The van der Waals surface area contributed by atoms with Crippen molar-refractivity contribution in [1.29, 1.82) is 0 Å². The lowest BCUT2D eigenvalue weighted by Gasteiger charge is -2.28. The smallest absolute Gasteiger partial charge is 0.263 e. The SMILES string of the molecule is CCC(C)(C)CC(NC(=O)c1cnc(-c2cc(F)cc(Cl)c2)s1)C(C)=S. The fourth-order valence-electron chi connectivity index (χ4n) is 2.41. The lowest BCUT2D eigenvalue weighted by Crippen LogP contribution is -2.41. The van der Waals surface area contributed by atoms with Crippen LogP contribution < -0.4 is 5.32 Å². The second-order valence-electron chi connectivity index (χ2n) is 7.05. The van der Waals surface area contributed by atoms with E-state index in [-0.39, 0.29) is 17.4 Å². The first-order valence-electron chi connectivity index (χ1n) is 8.35. The zero-order valence-electron chi connectivity index (χ0n) is 15.2. The van der Waals surface area contributed by atoms with E-state index < -0.39 is 5.82 Å². The molecule has 3 nitrogen and oxygen atoms in total. The Labute approximate surface area is 168 Å². The van der Waals surface area contributed by atoms with Gasteiger partial charge in [-0.15, -0.1) is 11.3 Å². The highest BCUT2D eigenvalue weighted by Crippen LogP contribution is 2.29. The first kappa shape index (κ1) is 20.9. The van der Waals surface area contributed by atoms with Gasteiger partial charge < -0.3 is 5.32 Å². The molecule has 1 N–H and O–H groups in total. The molecule has 7 heteroatoms. The number of rotatable bonds is 7. The van der Waals surface area contributed by atoms with Crippen molar-refractivity contribution in [2.75, 3.05) is 0 Å². The van der Waals surface area contributed by atoms with Crippen LogP contribution in [0.5, 0.6) is 0 Å². The topological polar surface area (TPSA) is 42.0 Å². The third-order valence-electron chi connectivity index (χ3n) is 4.35.